The molecule has 2 aromatic rings. The predicted molar refractivity (Wildman–Crippen MR) is 142 cm³/mol. The van der Waals surface area contributed by atoms with E-state index < -0.39 is 13.7 Å². The van der Waals surface area contributed by atoms with Gasteiger partial charge in [-0.3, -0.25) is 14.1 Å². The fraction of sp³-hybridized carbons (Fsp3) is 0.393. The van der Waals surface area contributed by atoms with Crippen LogP contribution in [0.4, 0.5) is 0 Å². The highest BCUT2D eigenvalue weighted by atomic mass is 31.2. The van der Waals surface area contributed by atoms with Crippen molar-refractivity contribution in [2.45, 2.75) is 59.5 Å². The fourth-order valence-electron chi connectivity index (χ4n) is 4.08. The molecule has 2 aromatic carbocycles. The van der Waals surface area contributed by atoms with Crippen molar-refractivity contribution in [3.8, 4) is 11.5 Å². The van der Waals surface area contributed by atoms with E-state index >= 15 is 0 Å². The molecule has 0 bridgehead atoms. The summed E-state index contributed by atoms with van der Waals surface area (Å²) in [5, 5.41) is 10.1. The van der Waals surface area contributed by atoms with Crippen molar-refractivity contribution < 1.29 is 23.5 Å². The Labute approximate surface area is 208 Å². The van der Waals surface area contributed by atoms with Gasteiger partial charge in [-0.1, -0.05) is 32.6 Å². The van der Waals surface area contributed by atoms with Gasteiger partial charge in [-0.05, 0) is 90.8 Å². The largest absolute Gasteiger partial charge is 0.508 e. The highest BCUT2D eigenvalue weighted by Gasteiger charge is 2.35. The lowest BCUT2D eigenvalue weighted by Crippen LogP contribution is -2.23. The molecule has 1 aliphatic rings. The Hall–Kier alpha value is -2.66. The molecular formula is C28H36NO5P. The van der Waals surface area contributed by atoms with Crippen LogP contribution in [0.15, 0.2) is 59.8 Å². The van der Waals surface area contributed by atoms with Crippen molar-refractivity contribution in [2.75, 3.05) is 13.0 Å². The number of phenolic OH excluding ortho intramolecular Hbond substituents is 1. The molecule has 0 spiro atoms. The Morgan fingerprint density at radius 2 is 2.00 bits per heavy atom. The lowest BCUT2D eigenvalue weighted by molar-refractivity contribution is 0.0933. The van der Waals surface area contributed by atoms with Crippen LogP contribution in [0.3, 0.4) is 0 Å². The summed E-state index contributed by atoms with van der Waals surface area (Å²) in [4.78, 5) is 4.03. The number of hydrogen-bond acceptors (Lipinski definition) is 6. The maximum atomic E-state index is 13.2. The third-order valence-electron chi connectivity index (χ3n) is 6.05. The van der Waals surface area contributed by atoms with E-state index in [0.29, 0.717) is 30.1 Å². The molecule has 1 saturated heterocycles. The summed E-state index contributed by atoms with van der Waals surface area (Å²) < 4.78 is 30.3. The first-order chi connectivity index (χ1) is 16.6. The predicted octanol–water partition coefficient (Wildman–Crippen LogP) is 7.22. The first-order valence-electron chi connectivity index (χ1n) is 11.9. The molecule has 1 heterocycles. The van der Waals surface area contributed by atoms with Crippen molar-refractivity contribution in [2.24, 2.45) is 4.99 Å². The Morgan fingerprint density at radius 3 is 2.66 bits per heavy atom. The summed E-state index contributed by atoms with van der Waals surface area (Å²) in [6.07, 6.45) is 5.83. The van der Waals surface area contributed by atoms with Crippen LogP contribution in [-0.4, -0.2) is 30.4 Å². The first-order valence-corrected chi connectivity index (χ1v) is 13.6. The molecule has 188 valence electrons. The molecule has 35 heavy (non-hydrogen) atoms. The van der Waals surface area contributed by atoms with E-state index in [-0.39, 0.29) is 12.3 Å². The minimum Gasteiger partial charge on any atom is -0.508 e. The van der Waals surface area contributed by atoms with E-state index in [1.54, 1.807) is 24.6 Å². The zero-order valence-electron chi connectivity index (χ0n) is 21.3. The van der Waals surface area contributed by atoms with Crippen molar-refractivity contribution in [3.05, 3.63) is 82.6 Å². The molecule has 1 unspecified atom stereocenters. The van der Waals surface area contributed by atoms with Crippen molar-refractivity contribution in [3.63, 3.8) is 0 Å². The second-order valence-corrected chi connectivity index (χ2v) is 11.1. The minimum absolute atomic E-state index is 0.165. The molecule has 6 nitrogen and oxygen atoms in total. The summed E-state index contributed by atoms with van der Waals surface area (Å²) in [6, 6.07) is 9.69. The van der Waals surface area contributed by atoms with Crippen LogP contribution in [0.2, 0.25) is 0 Å². The number of aryl methyl sites for hydroxylation is 2. The van der Waals surface area contributed by atoms with Gasteiger partial charge < -0.3 is 14.4 Å². The van der Waals surface area contributed by atoms with E-state index in [1.165, 1.54) is 5.56 Å². The summed E-state index contributed by atoms with van der Waals surface area (Å²) >= 11 is 0. The monoisotopic (exact) mass is 497 g/mol. The Balaban J connectivity index is 1.68. The molecule has 0 aliphatic carbocycles. The molecule has 0 saturated carbocycles. The molecule has 1 aliphatic heterocycles. The number of nitrogens with zero attached hydrogens (tertiary/aromatic N) is 1. The van der Waals surface area contributed by atoms with E-state index in [4.69, 9.17) is 13.8 Å². The van der Waals surface area contributed by atoms with Crippen molar-refractivity contribution in [1.82, 2.24) is 0 Å². The van der Waals surface area contributed by atoms with Gasteiger partial charge in [0.15, 0.2) is 6.35 Å². The Bertz CT molecular complexity index is 1140. The van der Waals surface area contributed by atoms with Crippen LogP contribution < -0.4 is 4.74 Å². The van der Waals surface area contributed by atoms with Gasteiger partial charge in [0.2, 0.25) is 0 Å². The van der Waals surface area contributed by atoms with Gasteiger partial charge in [0.05, 0.1) is 12.7 Å². The van der Waals surface area contributed by atoms with Gasteiger partial charge in [0.1, 0.15) is 11.5 Å². The van der Waals surface area contributed by atoms with Gasteiger partial charge >= 0.3 is 7.60 Å². The van der Waals surface area contributed by atoms with Crippen LogP contribution in [0.5, 0.6) is 11.5 Å². The zero-order chi connectivity index (χ0) is 25.6. The molecule has 0 radical (unpaired) electrons. The minimum atomic E-state index is -3.42. The van der Waals surface area contributed by atoms with E-state index in [9.17, 15) is 9.67 Å². The molecular weight excluding hydrogens is 461 g/mol. The molecule has 3 rings (SSSR count). The average molecular weight is 498 g/mol. The molecule has 2 atom stereocenters. The summed E-state index contributed by atoms with van der Waals surface area (Å²) in [5.41, 5.74) is 6.15. The van der Waals surface area contributed by atoms with E-state index in [2.05, 4.69) is 31.5 Å². The summed E-state index contributed by atoms with van der Waals surface area (Å²) in [5.74, 6) is 1.20. The third kappa shape index (κ3) is 7.17. The lowest BCUT2D eigenvalue weighted by Gasteiger charge is -2.30. The summed E-state index contributed by atoms with van der Waals surface area (Å²) in [6.45, 7) is 14.4. The van der Waals surface area contributed by atoms with Crippen LogP contribution in [0.1, 0.15) is 60.9 Å². The van der Waals surface area contributed by atoms with Gasteiger partial charge in [-0.15, -0.1) is 0 Å². The van der Waals surface area contributed by atoms with Crippen LogP contribution in [0.25, 0.3) is 0 Å². The quantitative estimate of drug-likeness (QED) is 0.225. The number of hydrogen-bond donors (Lipinski definition) is 1. The number of phenols is 1. The number of aromatic hydroxyl groups is 1. The number of ether oxygens (including phenoxy) is 1. The molecule has 0 amide bonds. The van der Waals surface area contributed by atoms with Crippen molar-refractivity contribution in [1.29, 1.82) is 0 Å². The average Bonchev–Trinajstić information content (AvgIpc) is 2.81. The smallest absolute Gasteiger partial charge is 0.368 e. The standard InChI is InChI=1S/C28H36NO5P/c1-7-29-12-10-20(4)28-11-13-33-35(31,34-28)18-32-24-14-21(5)26(22(6)15-24)17-23-8-9-27(30)25(16-23)19(2)3/h7-10,12,14-16,19,28,30H,4,11,13,17-18H2,1-3,5-6H3/b12-10-,29-7?/t28-,35?/m0/s1. The first kappa shape index (κ1) is 26.9. The maximum Gasteiger partial charge on any atom is 0.368 e. The Kier molecular flexibility index (Phi) is 9.12. The normalized spacial score (nSPS) is 20.7. The SMILES string of the molecule is C=C(/C=C\N=CC)[C@@H]1CCOP(=O)(COc2cc(C)c(Cc3ccc(O)c(C(C)C)c3)c(C)c2)O1. The maximum absolute atomic E-state index is 13.2. The van der Waals surface area contributed by atoms with Gasteiger partial charge in [-0.25, -0.2) is 0 Å². The second kappa shape index (κ2) is 11.9. The van der Waals surface area contributed by atoms with Crippen LogP contribution in [0, 0.1) is 13.8 Å². The van der Waals surface area contributed by atoms with E-state index in [0.717, 1.165) is 28.7 Å². The van der Waals surface area contributed by atoms with Gasteiger partial charge in [0.25, 0.3) is 0 Å². The van der Waals surface area contributed by atoms with Gasteiger partial charge in [0, 0.05) is 18.8 Å². The molecule has 1 fully saturated rings. The number of benzene rings is 2. The van der Waals surface area contributed by atoms with Crippen LogP contribution >= 0.6 is 7.60 Å². The highest BCUT2D eigenvalue weighted by Crippen LogP contribution is 2.53. The number of aliphatic imine (C=N–C) groups is 1. The molecule has 0 aromatic heterocycles. The van der Waals surface area contributed by atoms with Crippen LogP contribution in [-0.2, 0) is 20.0 Å². The van der Waals surface area contributed by atoms with Crippen molar-refractivity contribution >= 4 is 13.8 Å². The number of rotatable bonds is 9. The second-order valence-electron chi connectivity index (χ2n) is 9.16. The fourth-order valence-corrected chi connectivity index (χ4v) is 5.59. The third-order valence-corrected chi connectivity index (χ3v) is 7.64. The van der Waals surface area contributed by atoms with E-state index in [1.807, 2.05) is 39.0 Å². The van der Waals surface area contributed by atoms with Gasteiger partial charge in [-0.2, -0.15) is 0 Å². The topological polar surface area (TPSA) is 77.4 Å². The molecule has 1 N–H and O–H groups in total. The lowest BCUT2D eigenvalue weighted by atomic mass is 9.93. The molecule has 7 heteroatoms. The zero-order valence-corrected chi connectivity index (χ0v) is 22.2. The Morgan fingerprint density at radius 1 is 1.29 bits per heavy atom. The highest BCUT2D eigenvalue weighted by molar-refractivity contribution is 7.53. The summed E-state index contributed by atoms with van der Waals surface area (Å²) in [7, 11) is -3.42.